The highest BCUT2D eigenvalue weighted by molar-refractivity contribution is 5.77. The van der Waals surface area contributed by atoms with Gasteiger partial charge in [-0.05, 0) is 67.9 Å². The van der Waals surface area contributed by atoms with Gasteiger partial charge in [0.05, 0.1) is 25.1 Å². The van der Waals surface area contributed by atoms with Crippen LogP contribution in [-0.4, -0.2) is 13.1 Å². The second kappa shape index (κ2) is 5.75. The standard InChI is InChI=1S/C19H28O3/c1-18-9-5-10-19(2,17(20)21-3)16(18)7-4-6-15(18)12-14-8-11-22-13-14/h8,11,13,15-16H,4-7,9-10,12H2,1-3H3/t15-,16-,18-,19+/m1/s1. The van der Waals surface area contributed by atoms with Crippen molar-refractivity contribution >= 4 is 5.97 Å². The molecular weight excluding hydrogens is 276 g/mol. The highest BCUT2D eigenvalue weighted by atomic mass is 16.5. The average Bonchev–Trinajstić information content (AvgIpc) is 3.01. The van der Waals surface area contributed by atoms with Gasteiger partial charge in [0, 0.05) is 0 Å². The van der Waals surface area contributed by atoms with Crippen LogP contribution in [0, 0.1) is 22.7 Å². The minimum Gasteiger partial charge on any atom is -0.472 e. The molecule has 0 aromatic carbocycles. The van der Waals surface area contributed by atoms with Crippen molar-refractivity contribution in [2.45, 2.75) is 58.8 Å². The Labute approximate surface area is 133 Å². The lowest BCUT2D eigenvalue weighted by atomic mass is 9.47. The van der Waals surface area contributed by atoms with Crippen LogP contribution in [0.1, 0.15) is 57.9 Å². The number of methoxy groups -OCH3 is 1. The topological polar surface area (TPSA) is 39.4 Å². The Morgan fingerprint density at radius 3 is 2.82 bits per heavy atom. The maximum atomic E-state index is 12.5. The molecule has 2 saturated carbocycles. The summed E-state index contributed by atoms with van der Waals surface area (Å²) in [5.74, 6) is 1.06. The van der Waals surface area contributed by atoms with Gasteiger partial charge in [-0.1, -0.05) is 19.8 Å². The van der Waals surface area contributed by atoms with Crippen LogP contribution in [0.25, 0.3) is 0 Å². The molecule has 0 spiro atoms. The SMILES string of the molecule is COC(=O)[C@@]1(C)CCC[C@]2(C)[C@@H](Cc3ccoc3)CCC[C@H]21. The molecule has 122 valence electrons. The van der Waals surface area contributed by atoms with E-state index in [1.165, 1.54) is 31.9 Å². The predicted molar refractivity (Wildman–Crippen MR) is 85.3 cm³/mol. The Hall–Kier alpha value is -1.25. The Balaban J connectivity index is 1.88. The van der Waals surface area contributed by atoms with Gasteiger partial charge in [-0.3, -0.25) is 4.79 Å². The maximum absolute atomic E-state index is 12.5. The zero-order valence-electron chi connectivity index (χ0n) is 14.1. The summed E-state index contributed by atoms with van der Waals surface area (Å²) in [6.07, 6.45) is 11.7. The van der Waals surface area contributed by atoms with Crippen LogP contribution >= 0.6 is 0 Å². The van der Waals surface area contributed by atoms with Crippen LogP contribution in [0.4, 0.5) is 0 Å². The Morgan fingerprint density at radius 2 is 2.14 bits per heavy atom. The normalized spacial score (nSPS) is 38.3. The van der Waals surface area contributed by atoms with Crippen molar-refractivity contribution in [3.63, 3.8) is 0 Å². The van der Waals surface area contributed by atoms with E-state index < -0.39 is 0 Å². The highest BCUT2D eigenvalue weighted by Gasteiger charge is 2.56. The molecule has 0 amide bonds. The smallest absolute Gasteiger partial charge is 0.311 e. The van der Waals surface area contributed by atoms with Crippen molar-refractivity contribution in [2.24, 2.45) is 22.7 Å². The molecule has 3 rings (SSSR count). The van der Waals surface area contributed by atoms with Crippen molar-refractivity contribution in [3.8, 4) is 0 Å². The van der Waals surface area contributed by atoms with Crippen molar-refractivity contribution in [1.29, 1.82) is 0 Å². The number of esters is 1. The minimum absolute atomic E-state index is 0.00705. The largest absolute Gasteiger partial charge is 0.472 e. The van der Waals surface area contributed by atoms with E-state index in [0.717, 1.165) is 25.7 Å². The molecule has 0 aliphatic heterocycles. The number of ether oxygens (including phenoxy) is 1. The fraction of sp³-hybridized carbons (Fsp3) is 0.737. The molecule has 0 N–H and O–H groups in total. The lowest BCUT2D eigenvalue weighted by Gasteiger charge is -2.57. The third-order valence-corrected chi connectivity index (χ3v) is 6.67. The lowest BCUT2D eigenvalue weighted by molar-refractivity contribution is -0.170. The number of fused-ring (bicyclic) bond motifs is 1. The third kappa shape index (κ3) is 2.39. The predicted octanol–water partition coefficient (Wildman–Crippen LogP) is 4.61. The Kier molecular flexibility index (Phi) is 4.09. The molecular formula is C19H28O3. The van der Waals surface area contributed by atoms with Gasteiger partial charge in [0.2, 0.25) is 0 Å². The van der Waals surface area contributed by atoms with Gasteiger partial charge in [0.15, 0.2) is 0 Å². The van der Waals surface area contributed by atoms with Gasteiger partial charge in [0.1, 0.15) is 0 Å². The van der Waals surface area contributed by atoms with Crippen LogP contribution in [0.3, 0.4) is 0 Å². The first-order valence-electron chi connectivity index (χ1n) is 8.60. The second-order valence-corrected chi connectivity index (χ2v) is 7.78. The Bertz CT molecular complexity index is 521. The number of carbonyl (C=O) groups excluding carboxylic acids is 1. The number of hydrogen-bond acceptors (Lipinski definition) is 3. The van der Waals surface area contributed by atoms with Gasteiger partial charge in [-0.25, -0.2) is 0 Å². The van der Waals surface area contributed by atoms with E-state index in [-0.39, 0.29) is 16.8 Å². The maximum Gasteiger partial charge on any atom is 0.311 e. The average molecular weight is 304 g/mol. The minimum atomic E-state index is -0.309. The summed E-state index contributed by atoms with van der Waals surface area (Å²) in [5.41, 5.74) is 1.21. The van der Waals surface area contributed by atoms with Crippen LogP contribution in [0.15, 0.2) is 23.0 Å². The fourth-order valence-corrected chi connectivity index (χ4v) is 5.45. The number of hydrogen-bond donors (Lipinski definition) is 0. The van der Waals surface area contributed by atoms with Crippen LogP contribution in [-0.2, 0) is 16.0 Å². The Morgan fingerprint density at radius 1 is 1.32 bits per heavy atom. The van der Waals surface area contributed by atoms with Crippen LogP contribution < -0.4 is 0 Å². The molecule has 1 aromatic rings. The van der Waals surface area contributed by atoms with Crippen molar-refractivity contribution in [1.82, 2.24) is 0 Å². The quantitative estimate of drug-likeness (QED) is 0.766. The molecule has 2 aliphatic rings. The number of carbonyl (C=O) groups is 1. The number of furan rings is 1. The van der Waals surface area contributed by atoms with E-state index in [2.05, 4.69) is 19.9 Å². The summed E-state index contributed by atoms with van der Waals surface area (Å²) >= 11 is 0. The molecule has 2 fully saturated rings. The molecule has 22 heavy (non-hydrogen) atoms. The molecule has 4 atom stereocenters. The van der Waals surface area contributed by atoms with Crippen LogP contribution in [0.5, 0.6) is 0 Å². The summed E-state index contributed by atoms with van der Waals surface area (Å²) in [4.78, 5) is 12.5. The van der Waals surface area contributed by atoms with Gasteiger partial charge < -0.3 is 9.15 Å². The molecule has 0 saturated heterocycles. The van der Waals surface area contributed by atoms with Gasteiger partial charge >= 0.3 is 5.97 Å². The summed E-state index contributed by atoms with van der Waals surface area (Å²) < 4.78 is 10.4. The van der Waals surface area contributed by atoms with E-state index >= 15 is 0 Å². The number of rotatable bonds is 3. The van der Waals surface area contributed by atoms with E-state index in [4.69, 9.17) is 9.15 Å². The molecule has 0 unspecified atom stereocenters. The molecule has 1 aromatic heterocycles. The van der Waals surface area contributed by atoms with E-state index in [9.17, 15) is 4.79 Å². The van der Waals surface area contributed by atoms with Crippen molar-refractivity contribution < 1.29 is 13.9 Å². The van der Waals surface area contributed by atoms with Crippen molar-refractivity contribution in [3.05, 3.63) is 24.2 Å². The van der Waals surface area contributed by atoms with E-state index in [1.54, 1.807) is 6.26 Å². The second-order valence-electron chi connectivity index (χ2n) is 7.78. The monoisotopic (exact) mass is 304 g/mol. The third-order valence-electron chi connectivity index (χ3n) is 6.67. The van der Waals surface area contributed by atoms with E-state index in [0.29, 0.717) is 11.8 Å². The lowest BCUT2D eigenvalue weighted by Crippen LogP contribution is -2.53. The summed E-state index contributed by atoms with van der Waals surface area (Å²) in [6, 6.07) is 2.08. The zero-order valence-corrected chi connectivity index (χ0v) is 14.1. The van der Waals surface area contributed by atoms with Gasteiger partial charge in [-0.2, -0.15) is 0 Å². The highest BCUT2D eigenvalue weighted by Crippen LogP contribution is 2.60. The first-order valence-corrected chi connectivity index (χ1v) is 8.60. The molecule has 3 heteroatoms. The molecule has 2 aliphatic carbocycles. The van der Waals surface area contributed by atoms with Gasteiger partial charge in [-0.15, -0.1) is 0 Å². The molecule has 0 radical (unpaired) electrons. The van der Waals surface area contributed by atoms with Gasteiger partial charge in [0.25, 0.3) is 0 Å². The zero-order chi connectivity index (χ0) is 15.8. The first kappa shape index (κ1) is 15.6. The summed E-state index contributed by atoms with van der Waals surface area (Å²) in [5, 5.41) is 0. The fourth-order valence-electron chi connectivity index (χ4n) is 5.45. The molecule has 3 nitrogen and oxygen atoms in total. The molecule has 1 heterocycles. The molecule has 0 bridgehead atoms. The van der Waals surface area contributed by atoms with Crippen LogP contribution in [0.2, 0.25) is 0 Å². The van der Waals surface area contributed by atoms with E-state index in [1.807, 2.05) is 6.26 Å². The van der Waals surface area contributed by atoms with Crippen molar-refractivity contribution in [2.75, 3.05) is 7.11 Å². The first-order chi connectivity index (χ1) is 10.5. The summed E-state index contributed by atoms with van der Waals surface area (Å²) in [6.45, 7) is 4.56. The summed E-state index contributed by atoms with van der Waals surface area (Å²) in [7, 11) is 1.53.